The van der Waals surface area contributed by atoms with E-state index in [0.29, 0.717) is 17.3 Å². The number of piperazine rings is 1. The number of benzene rings is 1. The minimum atomic E-state index is -4.04. The molecule has 1 aromatic carbocycles. The number of anilines is 2. The van der Waals surface area contributed by atoms with Crippen molar-refractivity contribution in [1.29, 1.82) is 0 Å². The summed E-state index contributed by atoms with van der Waals surface area (Å²) in [6, 6.07) is 14.8. The number of hydrogen-bond donors (Lipinski definition) is 1. The van der Waals surface area contributed by atoms with Crippen LogP contribution in [0.4, 0.5) is 11.5 Å². The Bertz CT molecular complexity index is 1650. The van der Waals surface area contributed by atoms with Crippen LogP contribution >= 0.6 is 11.3 Å². The number of carbonyl (C=O) groups excluding carboxylic acids is 1. The van der Waals surface area contributed by atoms with Crippen LogP contribution in [0.3, 0.4) is 0 Å². The van der Waals surface area contributed by atoms with Crippen LogP contribution in [0.25, 0.3) is 10.4 Å². The molecule has 0 radical (unpaired) electrons. The quantitative estimate of drug-likeness (QED) is 0.269. The van der Waals surface area contributed by atoms with E-state index >= 15 is 0 Å². The predicted molar refractivity (Wildman–Crippen MR) is 178 cm³/mol. The molecule has 1 saturated carbocycles. The second-order valence-corrected chi connectivity index (χ2v) is 15.5. The summed E-state index contributed by atoms with van der Waals surface area (Å²) in [4.78, 5) is 35.8. The van der Waals surface area contributed by atoms with Crippen LogP contribution in [-0.4, -0.2) is 66.4 Å². The zero-order valence-electron chi connectivity index (χ0n) is 25.5. The lowest BCUT2D eigenvalue weighted by molar-refractivity contribution is -0.121. The minimum absolute atomic E-state index is 0.0491. The number of carboxylic acids is 1. The fourth-order valence-electron chi connectivity index (χ4n) is 7.21. The molecule has 6 rings (SSSR count). The molecule has 0 bridgehead atoms. The summed E-state index contributed by atoms with van der Waals surface area (Å²) in [6.45, 7) is 6.67. The molecule has 2 saturated heterocycles. The van der Waals surface area contributed by atoms with E-state index in [-0.39, 0.29) is 23.9 Å². The van der Waals surface area contributed by atoms with Crippen molar-refractivity contribution < 1.29 is 23.1 Å². The maximum Gasteiger partial charge on any atom is 0.348 e. The molecule has 3 unspecified atom stereocenters. The van der Waals surface area contributed by atoms with Gasteiger partial charge < -0.3 is 14.9 Å². The summed E-state index contributed by atoms with van der Waals surface area (Å²) in [5.74, 6) is -0.647. The minimum Gasteiger partial charge on any atom is -0.477 e. The molecule has 0 spiro atoms. The van der Waals surface area contributed by atoms with Crippen LogP contribution in [0.2, 0.25) is 0 Å². The average molecular weight is 649 g/mol. The van der Waals surface area contributed by atoms with E-state index in [2.05, 4.69) is 23.4 Å². The number of thiophene rings is 1. The normalized spacial score (nSPS) is 22.5. The van der Waals surface area contributed by atoms with Gasteiger partial charge in [0.2, 0.25) is 15.9 Å². The first-order chi connectivity index (χ1) is 21.7. The molecule has 1 amide bonds. The Hall–Kier alpha value is -3.54. The first kappa shape index (κ1) is 31.4. The first-order valence-corrected chi connectivity index (χ1v) is 18.1. The van der Waals surface area contributed by atoms with Crippen molar-refractivity contribution in [3.05, 3.63) is 77.8 Å². The van der Waals surface area contributed by atoms with Gasteiger partial charge in [-0.25, -0.2) is 18.2 Å². The van der Waals surface area contributed by atoms with E-state index in [1.54, 1.807) is 23.2 Å². The third-order valence-electron chi connectivity index (χ3n) is 9.56. The van der Waals surface area contributed by atoms with Crippen molar-refractivity contribution >= 4 is 44.7 Å². The summed E-state index contributed by atoms with van der Waals surface area (Å²) < 4.78 is 29.8. The standard InChI is InChI=1S/C34H40N4O5S2/c1-3-30(26-16-17-31(35-20-26)37-18-10-11-23(37)2)45(42,43)36-21-28(24-12-6-4-7-13-24)38(32(39)22-36)27-19-29(44-33(27)34(40)41)25-14-8-5-9-15-25/h3,5,8-9,14-17,19-20,23-24,28,30H,1,4,6-7,10-13,18,21-22H2,2H3,(H,40,41). The molecule has 2 aliphatic heterocycles. The van der Waals surface area contributed by atoms with E-state index in [1.165, 1.54) is 10.4 Å². The molecule has 238 valence electrons. The van der Waals surface area contributed by atoms with Gasteiger partial charge in [-0.15, -0.1) is 17.9 Å². The highest BCUT2D eigenvalue weighted by atomic mass is 32.2. The van der Waals surface area contributed by atoms with Crippen molar-refractivity contribution in [1.82, 2.24) is 9.29 Å². The van der Waals surface area contributed by atoms with Gasteiger partial charge in [0.25, 0.3) is 0 Å². The molecule has 3 aliphatic rings. The first-order valence-electron chi connectivity index (χ1n) is 15.8. The Balaban J connectivity index is 1.33. The Morgan fingerprint density at radius 1 is 1.09 bits per heavy atom. The fourth-order valence-corrected chi connectivity index (χ4v) is 9.90. The molecule has 3 atom stereocenters. The van der Waals surface area contributed by atoms with E-state index in [0.717, 1.165) is 79.1 Å². The summed E-state index contributed by atoms with van der Waals surface area (Å²) >= 11 is 1.14. The van der Waals surface area contributed by atoms with E-state index in [1.807, 2.05) is 36.4 Å². The lowest BCUT2D eigenvalue weighted by atomic mass is 9.82. The topological polar surface area (TPSA) is 111 Å². The molecular weight excluding hydrogens is 609 g/mol. The van der Waals surface area contributed by atoms with Crippen molar-refractivity contribution in [2.45, 2.75) is 69.2 Å². The number of amides is 1. The number of aromatic carboxylic acids is 1. The highest BCUT2D eigenvalue weighted by Gasteiger charge is 2.45. The third-order valence-corrected chi connectivity index (χ3v) is 12.8. The summed E-state index contributed by atoms with van der Waals surface area (Å²) in [5, 5.41) is 9.13. The molecule has 3 fully saturated rings. The fraction of sp³-hybridized carbons (Fsp3) is 0.441. The molecule has 3 aromatic rings. The Morgan fingerprint density at radius 2 is 1.84 bits per heavy atom. The van der Waals surface area contributed by atoms with Crippen LogP contribution in [0.5, 0.6) is 0 Å². The van der Waals surface area contributed by atoms with Crippen LogP contribution in [0.15, 0.2) is 67.4 Å². The van der Waals surface area contributed by atoms with Gasteiger partial charge in [-0.05, 0) is 61.8 Å². The zero-order chi connectivity index (χ0) is 31.7. The number of sulfonamides is 1. The van der Waals surface area contributed by atoms with Gasteiger partial charge in [0.05, 0.1) is 18.3 Å². The summed E-state index contributed by atoms with van der Waals surface area (Å²) in [5.41, 5.74) is 1.72. The maximum absolute atomic E-state index is 14.2. The molecule has 9 nitrogen and oxygen atoms in total. The second kappa shape index (κ2) is 13.1. The molecule has 11 heteroatoms. The lowest BCUT2D eigenvalue weighted by Gasteiger charge is -2.45. The van der Waals surface area contributed by atoms with Gasteiger partial charge in [-0.2, -0.15) is 4.31 Å². The smallest absolute Gasteiger partial charge is 0.348 e. The Morgan fingerprint density at radius 3 is 2.47 bits per heavy atom. The summed E-state index contributed by atoms with van der Waals surface area (Å²) in [6.07, 6.45) is 9.99. The number of aromatic nitrogens is 1. The Labute approximate surface area is 269 Å². The highest BCUT2D eigenvalue weighted by molar-refractivity contribution is 7.89. The molecular formula is C34H40N4O5S2. The van der Waals surface area contributed by atoms with Gasteiger partial charge >= 0.3 is 5.97 Å². The average Bonchev–Trinajstić information content (AvgIpc) is 3.69. The van der Waals surface area contributed by atoms with Crippen molar-refractivity contribution in [2.75, 3.05) is 29.4 Å². The van der Waals surface area contributed by atoms with Gasteiger partial charge in [0.1, 0.15) is 15.9 Å². The molecule has 1 aliphatic carbocycles. The van der Waals surface area contributed by atoms with Crippen LogP contribution in [0.1, 0.15) is 72.4 Å². The predicted octanol–water partition coefficient (Wildman–Crippen LogP) is 6.35. The number of hydrogen-bond acceptors (Lipinski definition) is 7. The van der Waals surface area contributed by atoms with E-state index in [4.69, 9.17) is 0 Å². The van der Waals surface area contributed by atoms with Crippen LogP contribution < -0.4 is 9.80 Å². The number of carbonyl (C=O) groups is 2. The molecule has 1 N–H and O–H groups in total. The Kier molecular flexibility index (Phi) is 9.12. The maximum atomic E-state index is 14.2. The van der Waals surface area contributed by atoms with E-state index < -0.39 is 33.2 Å². The third kappa shape index (κ3) is 6.17. The highest BCUT2D eigenvalue weighted by Crippen LogP contribution is 2.42. The molecule has 2 aromatic heterocycles. The van der Waals surface area contributed by atoms with Crippen LogP contribution in [-0.2, 0) is 14.8 Å². The largest absolute Gasteiger partial charge is 0.477 e. The number of carboxylic acid groups (broad SMARTS) is 1. The van der Waals surface area contributed by atoms with Gasteiger partial charge in [0.15, 0.2) is 0 Å². The van der Waals surface area contributed by atoms with Crippen molar-refractivity contribution in [3.8, 4) is 10.4 Å². The summed E-state index contributed by atoms with van der Waals surface area (Å²) in [7, 11) is -4.04. The second-order valence-electron chi connectivity index (χ2n) is 12.4. The number of pyridine rings is 1. The number of nitrogens with zero attached hydrogens (tertiary/aromatic N) is 4. The van der Waals surface area contributed by atoms with Gasteiger partial charge in [-0.1, -0.05) is 61.7 Å². The van der Waals surface area contributed by atoms with Crippen LogP contribution in [0, 0.1) is 5.92 Å². The molecule has 45 heavy (non-hydrogen) atoms. The monoisotopic (exact) mass is 648 g/mol. The van der Waals surface area contributed by atoms with Crippen molar-refractivity contribution in [2.24, 2.45) is 5.92 Å². The van der Waals surface area contributed by atoms with Crippen molar-refractivity contribution in [3.63, 3.8) is 0 Å². The van der Waals surface area contributed by atoms with Gasteiger partial charge in [-0.3, -0.25) is 4.79 Å². The molecule has 4 heterocycles. The van der Waals surface area contributed by atoms with E-state index in [9.17, 15) is 23.1 Å². The van der Waals surface area contributed by atoms with Gasteiger partial charge in [0, 0.05) is 30.2 Å². The lowest BCUT2D eigenvalue weighted by Crippen LogP contribution is -2.61. The SMILES string of the molecule is C=CC(c1ccc(N2CCCC2C)nc1)S(=O)(=O)N1CC(=O)N(c2cc(-c3ccccc3)sc2C(=O)O)C(C2CCCCC2)C1. The number of rotatable bonds is 9. The zero-order valence-corrected chi connectivity index (χ0v) is 27.2.